The monoisotopic (exact) mass is 246 g/mol. The zero-order valence-corrected chi connectivity index (χ0v) is 11.0. The second-order valence-electron chi connectivity index (χ2n) is 3.70. The summed E-state index contributed by atoms with van der Waals surface area (Å²) in [5, 5.41) is 7.91. The lowest BCUT2D eigenvalue weighted by Crippen LogP contribution is -2.01. The molecule has 0 aliphatic rings. The Bertz CT molecular complexity index is 465. The summed E-state index contributed by atoms with van der Waals surface area (Å²) in [5.41, 5.74) is 3.61. The third kappa shape index (κ3) is 4.05. The van der Waals surface area contributed by atoms with E-state index in [4.69, 9.17) is 9.68 Å². The summed E-state index contributed by atoms with van der Waals surface area (Å²) in [5.74, 6) is 0. The second-order valence-corrected chi connectivity index (χ2v) is 3.70. The van der Waals surface area contributed by atoms with Crippen LogP contribution in [0.15, 0.2) is 47.2 Å². The molecule has 0 aliphatic carbocycles. The number of rotatable bonds is 6. The van der Waals surface area contributed by atoms with Crippen LogP contribution < -0.4 is 0 Å². The van der Waals surface area contributed by atoms with Crippen molar-refractivity contribution in [1.82, 2.24) is 0 Å². The van der Waals surface area contributed by atoms with Crippen LogP contribution in [0.1, 0.15) is 25.0 Å². The number of nitrogens with zero attached hydrogens (tertiary/aromatic N) is 2. The van der Waals surface area contributed by atoms with Crippen LogP contribution in [0.25, 0.3) is 0 Å². The minimum absolute atomic E-state index is 0.404. The minimum Gasteiger partial charge on any atom is -0.399 e. The third-order valence-electron chi connectivity index (χ3n) is 2.32. The lowest BCUT2D eigenvalue weighted by molar-refractivity contribution is 0.175. The molecule has 0 aliphatic heterocycles. The van der Waals surface area contributed by atoms with Crippen LogP contribution in [-0.2, 0) is 9.68 Å². The fraction of sp³-hybridized carbons (Fsp3) is 0.286. The summed E-state index contributed by atoms with van der Waals surface area (Å²) >= 11 is 0. The summed E-state index contributed by atoms with van der Waals surface area (Å²) in [4.78, 5) is 9.82. The molecule has 4 nitrogen and oxygen atoms in total. The lowest BCUT2D eigenvalue weighted by Gasteiger charge is -2.04. The van der Waals surface area contributed by atoms with E-state index in [9.17, 15) is 0 Å². The van der Waals surface area contributed by atoms with Gasteiger partial charge in [-0.25, -0.2) is 0 Å². The Balaban J connectivity index is 2.91. The van der Waals surface area contributed by atoms with Gasteiger partial charge in [0.1, 0.15) is 13.7 Å². The number of hydrogen-bond acceptors (Lipinski definition) is 4. The quantitative estimate of drug-likeness (QED) is 0.335. The Morgan fingerprint density at radius 3 is 2.39 bits per heavy atom. The van der Waals surface area contributed by atoms with Crippen molar-refractivity contribution >= 4 is 11.4 Å². The van der Waals surface area contributed by atoms with E-state index in [1.165, 1.54) is 7.11 Å². The highest BCUT2D eigenvalue weighted by atomic mass is 16.6. The Hall–Kier alpha value is -2.10. The molecule has 4 heteroatoms. The van der Waals surface area contributed by atoms with E-state index in [1.807, 2.05) is 38.1 Å². The average molecular weight is 246 g/mol. The average Bonchev–Trinajstić information content (AvgIpc) is 2.39. The molecule has 0 bridgehead atoms. The van der Waals surface area contributed by atoms with E-state index in [0.717, 1.165) is 22.6 Å². The summed E-state index contributed by atoms with van der Waals surface area (Å²) in [7, 11) is 1.53. The largest absolute Gasteiger partial charge is 0.399 e. The Morgan fingerprint density at radius 2 is 1.83 bits per heavy atom. The first-order valence-electron chi connectivity index (χ1n) is 5.65. The van der Waals surface area contributed by atoms with Crippen LogP contribution in [0.3, 0.4) is 0 Å². The van der Waals surface area contributed by atoms with Crippen molar-refractivity contribution in [3.8, 4) is 0 Å². The van der Waals surface area contributed by atoms with Gasteiger partial charge in [-0.3, -0.25) is 0 Å². The van der Waals surface area contributed by atoms with Crippen molar-refractivity contribution in [3.05, 3.63) is 48.0 Å². The summed E-state index contributed by atoms with van der Waals surface area (Å²) in [6.45, 7) is 7.75. The molecule has 0 heterocycles. The molecule has 0 saturated carbocycles. The Labute approximate surface area is 108 Å². The lowest BCUT2D eigenvalue weighted by atomic mass is 10.1. The summed E-state index contributed by atoms with van der Waals surface area (Å²) in [6.07, 6.45) is 1.66. The van der Waals surface area contributed by atoms with Gasteiger partial charge in [0.15, 0.2) is 0 Å². The van der Waals surface area contributed by atoms with E-state index in [-0.39, 0.29) is 0 Å². The highest BCUT2D eigenvalue weighted by Crippen LogP contribution is 2.08. The molecule has 0 atom stereocenters. The highest BCUT2D eigenvalue weighted by molar-refractivity contribution is 6.03. The molecule has 0 unspecified atom stereocenters. The van der Waals surface area contributed by atoms with Gasteiger partial charge in [0.2, 0.25) is 0 Å². The van der Waals surface area contributed by atoms with Gasteiger partial charge >= 0.3 is 0 Å². The van der Waals surface area contributed by atoms with Gasteiger partial charge in [0, 0.05) is 0 Å². The zero-order valence-electron chi connectivity index (χ0n) is 11.0. The minimum atomic E-state index is 0.404. The fourth-order valence-electron chi connectivity index (χ4n) is 1.40. The van der Waals surface area contributed by atoms with Gasteiger partial charge in [0.05, 0.1) is 11.4 Å². The van der Waals surface area contributed by atoms with Crippen molar-refractivity contribution in [2.75, 3.05) is 13.7 Å². The first-order valence-corrected chi connectivity index (χ1v) is 5.65. The van der Waals surface area contributed by atoms with Crippen molar-refractivity contribution in [2.24, 2.45) is 10.3 Å². The van der Waals surface area contributed by atoms with Crippen LogP contribution >= 0.6 is 0 Å². The number of hydrogen-bond donors (Lipinski definition) is 0. The van der Waals surface area contributed by atoms with E-state index in [1.54, 1.807) is 6.08 Å². The van der Waals surface area contributed by atoms with Crippen LogP contribution in [0.2, 0.25) is 0 Å². The number of benzene rings is 1. The van der Waals surface area contributed by atoms with Crippen molar-refractivity contribution in [1.29, 1.82) is 0 Å². The molecule has 1 rings (SSSR count). The van der Waals surface area contributed by atoms with E-state index in [2.05, 4.69) is 16.9 Å². The zero-order chi connectivity index (χ0) is 13.4. The highest BCUT2D eigenvalue weighted by Gasteiger charge is 2.02. The molecule has 0 aromatic heterocycles. The van der Waals surface area contributed by atoms with Gasteiger partial charge in [0.25, 0.3) is 0 Å². The van der Waals surface area contributed by atoms with E-state index in [0.29, 0.717) is 6.61 Å². The maximum atomic E-state index is 5.06. The van der Waals surface area contributed by atoms with Gasteiger partial charge in [-0.2, -0.15) is 0 Å². The molecule has 1 aromatic rings. The molecule has 0 N–H and O–H groups in total. The molecular weight excluding hydrogens is 228 g/mol. The first-order chi connectivity index (χ1) is 8.69. The molecule has 0 amide bonds. The summed E-state index contributed by atoms with van der Waals surface area (Å²) < 4.78 is 0. The SMILES string of the molecule is C=CCO/N=C(\C)c1cccc(/C(C)=N/OC)c1. The molecular formula is C14H18N2O2. The van der Waals surface area contributed by atoms with E-state index >= 15 is 0 Å². The molecule has 0 saturated heterocycles. The van der Waals surface area contributed by atoms with Crippen LogP contribution in [0, 0.1) is 0 Å². The van der Waals surface area contributed by atoms with Crippen LogP contribution in [0.5, 0.6) is 0 Å². The molecule has 0 fully saturated rings. The second kappa shape index (κ2) is 7.27. The maximum Gasteiger partial charge on any atom is 0.135 e. The Morgan fingerprint density at radius 1 is 1.22 bits per heavy atom. The van der Waals surface area contributed by atoms with Crippen molar-refractivity contribution in [3.63, 3.8) is 0 Å². The fourth-order valence-corrected chi connectivity index (χ4v) is 1.40. The molecule has 0 radical (unpaired) electrons. The Kier molecular flexibility index (Phi) is 5.64. The normalized spacial score (nSPS) is 12.2. The smallest absolute Gasteiger partial charge is 0.135 e. The number of oxime groups is 2. The summed E-state index contributed by atoms with van der Waals surface area (Å²) in [6, 6.07) is 7.89. The van der Waals surface area contributed by atoms with E-state index < -0.39 is 0 Å². The van der Waals surface area contributed by atoms with Gasteiger partial charge < -0.3 is 9.68 Å². The predicted molar refractivity (Wildman–Crippen MR) is 74.0 cm³/mol. The molecule has 96 valence electrons. The van der Waals surface area contributed by atoms with Gasteiger partial charge in [-0.15, -0.1) is 0 Å². The molecule has 0 spiro atoms. The standard InChI is InChI=1S/C14H18N2O2/c1-5-9-18-16-12(3)14-8-6-7-13(10-14)11(2)15-17-4/h5-8,10H,1,9H2,2-4H3/b15-11+,16-12+. The predicted octanol–water partition coefficient (Wildman–Crippen LogP) is 2.98. The third-order valence-corrected chi connectivity index (χ3v) is 2.32. The van der Waals surface area contributed by atoms with Gasteiger partial charge in [-0.05, 0) is 31.0 Å². The first kappa shape index (κ1) is 14.0. The van der Waals surface area contributed by atoms with Crippen molar-refractivity contribution in [2.45, 2.75) is 13.8 Å². The van der Waals surface area contributed by atoms with Crippen molar-refractivity contribution < 1.29 is 9.68 Å². The molecule has 18 heavy (non-hydrogen) atoms. The topological polar surface area (TPSA) is 43.2 Å². The molecule has 1 aromatic carbocycles. The van der Waals surface area contributed by atoms with Gasteiger partial charge in [-0.1, -0.05) is 41.2 Å². The van der Waals surface area contributed by atoms with Crippen LogP contribution in [-0.4, -0.2) is 25.1 Å². The maximum absolute atomic E-state index is 5.06. The van der Waals surface area contributed by atoms with Crippen LogP contribution in [0.4, 0.5) is 0 Å².